The molecule has 0 bridgehead atoms. The first-order valence-electron chi connectivity index (χ1n) is 9.10. The van der Waals surface area contributed by atoms with Crippen LogP contribution in [0.1, 0.15) is 53.6 Å². The fraction of sp³-hybridized carbons (Fsp3) is 0.632. The zero-order valence-electron chi connectivity index (χ0n) is 14.3. The lowest BCUT2D eigenvalue weighted by Crippen LogP contribution is -2.51. The third-order valence-corrected chi connectivity index (χ3v) is 5.41. The van der Waals surface area contributed by atoms with Crippen LogP contribution in [0.3, 0.4) is 0 Å². The zero-order valence-corrected chi connectivity index (χ0v) is 14.3. The van der Waals surface area contributed by atoms with Gasteiger partial charge in [0.1, 0.15) is 0 Å². The molecule has 2 atom stereocenters. The molecule has 1 aliphatic heterocycles. The van der Waals surface area contributed by atoms with Crippen molar-refractivity contribution < 1.29 is 9.90 Å². The van der Waals surface area contributed by atoms with Crippen molar-refractivity contribution in [1.82, 2.24) is 4.90 Å². The maximum atomic E-state index is 12.9. The van der Waals surface area contributed by atoms with Gasteiger partial charge in [0, 0.05) is 24.7 Å². The first-order chi connectivity index (χ1) is 11.5. The predicted octanol–water partition coefficient (Wildman–Crippen LogP) is 1.21. The molecule has 1 aromatic carbocycles. The molecule has 0 spiro atoms. The van der Waals surface area contributed by atoms with Gasteiger partial charge in [0.2, 0.25) is 0 Å². The van der Waals surface area contributed by atoms with Crippen molar-refractivity contribution in [2.24, 2.45) is 11.5 Å². The number of hydrogen-bond donors (Lipinski definition) is 3. The van der Waals surface area contributed by atoms with Gasteiger partial charge in [0.25, 0.3) is 5.91 Å². The Morgan fingerprint density at radius 1 is 1.33 bits per heavy atom. The molecule has 0 aromatic heterocycles. The number of amides is 1. The summed E-state index contributed by atoms with van der Waals surface area (Å²) in [6, 6.07) is 6.20. The van der Waals surface area contributed by atoms with E-state index in [0.29, 0.717) is 38.0 Å². The smallest absolute Gasteiger partial charge is 0.253 e. The number of piperidine rings is 1. The van der Waals surface area contributed by atoms with Crippen LogP contribution in [0.4, 0.5) is 0 Å². The summed E-state index contributed by atoms with van der Waals surface area (Å²) in [6.07, 6.45) is 6.10. The van der Waals surface area contributed by atoms with Gasteiger partial charge in [-0.15, -0.1) is 0 Å². The fourth-order valence-corrected chi connectivity index (χ4v) is 4.07. The molecule has 1 heterocycles. The monoisotopic (exact) mass is 331 g/mol. The number of aryl methyl sites for hydroxylation is 1. The summed E-state index contributed by atoms with van der Waals surface area (Å²) >= 11 is 0. The van der Waals surface area contributed by atoms with Gasteiger partial charge in [0.15, 0.2) is 0 Å². The molecule has 1 aliphatic carbocycles. The number of likely N-dealkylation sites (tertiary alicyclic amines) is 1. The number of benzene rings is 1. The number of β-amino-alcohol motifs (C(OH)–C–C–N with tert-alkyl or cyclic N) is 1. The Morgan fingerprint density at radius 2 is 2.17 bits per heavy atom. The summed E-state index contributed by atoms with van der Waals surface area (Å²) in [5.74, 6) is 0.00534. The topological polar surface area (TPSA) is 92.6 Å². The van der Waals surface area contributed by atoms with E-state index in [1.165, 1.54) is 11.1 Å². The zero-order chi connectivity index (χ0) is 17.2. The molecule has 1 amide bonds. The molecule has 0 saturated carbocycles. The molecule has 3 rings (SSSR count). The van der Waals surface area contributed by atoms with Crippen molar-refractivity contribution in [2.75, 3.05) is 19.6 Å². The van der Waals surface area contributed by atoms with Crippen molar-refractivity contribution >= 4 is 5.91 Å². The van der Waals surface area contributed by atoms with Crippen LogP contribution in [0.15, 0.2) is 18.2 Å². The number of carbonyl (C=O) groups is 1. The fourth-order valence-electron chi connectivity index (χ4n) is 4.07. The minimum absolute atomic E-state index is 0.00534. The summed E-state index contributed by atoms with van der Waals surface area (Å²) in [4.78, 5) is 14.7. The van der Waals surface area contributed by atoms with Crippen LogP contribution >= 0.6 is 0 Å². The molecule has 1 fully saturated rings. The van der Waals surface area contributed by atoms with E-state index in [9.17, 15) is 9.90 Å². The summed E-state index contributed by atoms with van der Waals surface area (Å²) in [7, 11) is 0. The molecule has 24 heavy (non-hydrogen) atoms. The van der Waals surface area contributed by atoms with E-state index in [4.69, 9.17) is 11.5 Å². The first-order valence-corrected chi connectivity index (χ1v) is 9.10. The number of fused-ring (bicyclic) bond motifs is 1. The average Bonchev–Trinajstić information content (AvgIpc) is 2.73. The molecular formula is C19H29N3O2. The molecule has 2 aliphatic rings. The summed E-state index contributed by atoms with van der Waals surface area (Å²) in [5, 5.41) is 10.6. The lowest BCUT2D eigenvalue weighted by Gasteiger charge is -2.39. The second-order valence-electron chi connectivity index (χ2n) is 7.43. The van der Waals surface area contributed by atoms with E-state index in [2.05, 4.69) is 6.07 Å². The molecule has 5 N–H and O–H groups in total. The standard InChI is InChI=1S/C19H29N3O2/c20-9-8-19(24)7-2-10-22(13-19)18(23)15-6-5-14-3-1-4-17(21)12-16(14)11-15/h5-6,11,17,24H,1-4,7-10,12-13,20-21H2. The largest absolute Gasteiger partial charge is 0.388 e. The van der Waals surface area contributed by atoms with Gasteiger partial charge in [-0.2, -0.15) is 0 Å². The predicted molar refractivity (Wildman–Crippen MR) is 94.8 cm³/mol. The van der Waals surface area contributed by atoms with Gasteiger partial charge in [-0.1, -0.05) is 6.07 Å². The molecule has 132 valence electrons. The Morgan fingerprint density at radius 3 is 2.96 bits per heavy atom. The number of nitrogens with zero attached hydrogens (tertiary/aromatic N) is 1. The normalized spacial score (nSPS) is 27.5. The van der Waals surface area contributed by atoms with E-state index in [0.717, 1.165) is 32.1 Å². The van der Waals surface area contributed by atoms with Crippen LogP contribution in [0.25, 0.3) is 0 Å². The maximum Gasteiger partial charge on any atom is 0.253 e. The van der Waals surface area contributed by atoms with E-state index in [1.54, 1.807) is 4.90 Å². The van der Waals surface area contributed by atoms with Crippen molar-refractivity contribution in [3.8, 4) is 0 Å². The Hall–Kier alpha value is -1.43. The Labute approximate surface area is 144 Å². The van der Waals surface area contributed by atoms with E-state index in [1.807, 2.05) is 12.1 Å². The first kappa shape index (κ1) is 17.4. The molecule has 5 nitrogen and oxygen atoms in total. The van der Waals surface area contributed by atoms with Gasteiger partial charge in [-0.25, -0.2) is 0 Å². The number of nitrogens with two attached hydrogens (primary N) is 2. The van der Waals surface area contributed by atoms with Crippen LogP contribution in [-0.2, 0) is 12.8 Å². The average molecular weight is 331 g/mol. The summed E-state index contributed by atoms with van der Waals surface area (Å²) in [6.45, 7) is 1.51. The SMILES string of the molecule is NCCC1(O)CCCN(C(=O)c2ccc3c(c2)CC(N)CCC3)C1. The van der Waals surface area contributed by atoms with Gasteiger partial charge in [-0.3, -0.25) is 4.79 Å². The number of aliphatic hydroxyl groups is 1. The van der Waals surface area contributed by atoms with Crippen LogP contribution in [0, 0.1) is 0 Å². The molecule has 2 unspecified atom stereocenters. The number of hydrogen-bond acceptors (Lipinski definition) is 4. The summed E-state index contributed by atoms with van der Waals surface area (Å²) in [5.41, 5.74) is 14.2. The Balaban J connectivity index is 1.77. The second-order valence-corrected chi connectivity index (χ2v) is 7.43. The highest BCUT2D eigenvalue weighted by Crippen LogP contribution is 2.27. The minimum Gasteiger partial charge on any atom is -0.388 e. The van der Waals surface area contributed by atoms with Crippen LogP contribution in [0.2, 0.25) is 0 Å². The van der Waals surface area contributed by atoms with Crippen LogP contribution in [-0.4, -0.2) is 47.2 Å². The highest BCUT2D eigenvalue weighted by molar-refractivity contribution is 5.94. The molecule has 1 aromatic rings. The molecule has 0 radical (unpaired) electrons. The van der Waals surface area contributed by atoms with Crippen molar-refractivity contribution in [3.63, 3.8) is 0 Å². The quantitative estimate of drug-likeness (QED) is 0.726. The molecule has 1 saturated heterocycles. The van der Waals surface area contributed by atoms with E-state index in [-0.39, 0.29) is 11.9 Å². The number of carbonyl (C=O) groups excluding carboxylic acids is 1. The van der Waals surface area contributed by atoms with Crippen molar-refractivity contribution in [2.45, 2.75) is 56.6 Å². The maximum absolute atomic E-state index is 12.9. The minimum atomic E-state index is -0.837. The van der Waals surface area contributed by atoms with E-state index < -0.39 is 5.60 Å². The van der Waals surface area contributed by atoms with Crippen molar-refractivity contribution in [3.05, 3.63) is 34.9 Å². The van der Waals surface area contributed by atoms with Crippen molar-refractivity contribution in [1.29, 1.82) is 0 Å². The Kier molecular flexibility index (Phi) is 5.23. The molecular weight excluding hydrogens is 302 g/mol. The summed E-state index contributed by atoms with van der Waals surface area (Å²) < 4.78 is 0. The third-order valence-electron chi connectivity index (χ3n) is 5.41. The lowest BCUT2D eigenvalue weighted by atomic mass is 9.89. The van der Waals surface area contributed by atoms with Gasteiger partial charge in [-0.05, 0) is 74.8 Å². The highest BCUT2D eigenvalue weighted by Gasteiger charge is 2.34. The second kappa shape index (κ2) is 7.21. The molecule has 5 heteroatoms. The third kappa shape index (κ3) is 3.79. The van der Waals surface area contributed by atoms with Gasteiger partial charge >= 0.3 is 0 Å². The Bertz CT molecular complexity index is 600. The van der Waals surface area contributed by atoms with Gasteiger partial charge in [0.05, 0.1) is 5.60 Å². The number of rotatable bonds is 3. The van der Waals surface area contributed by atoms with E-state index >= 15 is 0 Å². The lowest BCUT2D eigenvalue weighted by molar-refractivity contribution is -0.0285. The van der Waals surface area contributed by atoms with Crippen LogP contribution < -0.4 is 11.5 Å². The van der Waals surface area contributed by atoms with Crippen LogP contribution in [0.5, 0.6) is 0 Å². The highest BCUT2D eigenvalue weighted by atomic mass is 16.3. The van der Waals surface area contributed by atoms with Gasteiger partial charge < -0.3 is 21.5 Å².